The average molecular weight is 375 g/mol. The van der Waals surface area contributed by atoms with Gasteiger partial charge in [-0.1, -0.05) is 23.7 Å². The lowest BCUT2D eigenvalue weighted by molar-refractivity contribution is 0.0699. The lowest BCUT2D eigenvalue weighted by Crippen LogP contribution is -2.00. The third-order valence-electron chi connectivity index (χ3n) is 3.81. The molecule has 0 radical (unpaired) electrons. The first-order valence-electron chi connectivity index (χ1n) is 7.73. The monoisotopic (exact) mass is 374 g/mol. The number of aromatic nitrogens is 1. The second-order valence-corrected chi connectivity index (χ2v) is 5.96. The first-order valence-corrected chi connectivity index (χ1v) is 8.10. The number of hydrogen-bond donors (Lipinski definition) is 2. The van der Waals surface area contributed by atoms with Crippen molar-refractivity contribution in [1.82, 2.24) is 4.98 Å². The molecule has 1 aromatic heterocycles. The summed E-state index contributed by atoms with van der Waals surface area (Å²) in [6, 6.07) is 17.0. The lowest BCUT2D eigenvalue weighted by Gasteiger charge is -2.08. The summed E-state index contributed by atoms with van der Waals surface area (Å²) < 4.78 is 0. The van der Waals surface area contributed by atoms with Crippen molar-refractivity contribution in [2.75, 3.05) is 5.32 Å². The molecular formula is C20H11ClN4O2. The highest BCUT2D eigenvalue weighted by Crippen LogP contribution is 2.27. The van der Waals surface area contributed by atoms with Crippen LogP contribution in [0.4, 0.5) is 5.69 Å². The van der Waals surface area contributed by atoms with Crippen molar-refractivity contribution in [1.29, 1.82) is 10.5 Å². The second-order valence-electron chi connectivity index (χ2n) is 5.52. The minimum absolute atomic E-state index is 0.0416. The van der Waals surface area contributed by atoms with Gasteiger partial charge in [0.1, 0.15) is 17.7 Å². The Labute approximate surface area is 159 Å². The van der Waals surface area contributed by atoms with Gasteiger partial charge in [-0.25, -0.2) is 9.78 Å². The number of anilines is 1. The van der Waals surface area contributed by atoms with Crippen molar-refractivity contribution in [3.8, 4) is 23.4 Å². The number of fused-ring (bicyclic) bond motifs is 1. The quantitative estimate of drug-likeness (QED) is 0.646. The van der Waals surface area contributed by atoms with Crippen LogP contribution >= 0.6 is 11.6 Å². The predicted molar refractivity (Wildman–Crippen MR) is 102 cm³/mol. The molecule has 0 atom stereocenters. The van der Waals surface area contributed by atoms with Gasteiger partial charge in [0.2, 0.25) is 0 Å². The number of carboxylic acid groups (broad SMARTS) is 1. The summed E-state index contributed by atoms with van der Waals surface area (Å²) in [4.78, 5) is 16.1. The number of aromatic carboxylic acids is 1. The van der Waals surface area contributed by atoms with Crippen molar-refractivity contribution in [3.63, 3.8) is 0 Å². The minimum atomic E-state index is -1.06. The first-order chi connectivity index (χ1) is 13.0. The summed E-state index contributed by atoms with van der Waals surface area (Å²) in [5.41, 5.74) is 2.53. The first kappa shape index (κ1) is 17.9. The van der Waals surface area contributed by atoms with E-state index in [0.717, 1.165) is 5.56 Å². The number of nitrogens with zero attached hydrogens (tertiary/aromatic N) is 3. The molecule has 0 saturated carbocycles. The fourth-order valence-electron chi connectivity index (χ4n) is 2.51. The highest BCUT2D eigenvalue weighted by atomic mass is 35.5. The Morgan fingerprint density at radius 3 is 2.44 bits per heavy atom. The Morgan fingerprint density at radius 1 is 1.11 bits per heavy atom. The van der Waals surface area contributed by atoms with Crippen LogP contribution in [0.15, 0.2) is 60.3 Å². The zero-order chi connectivity index (χ0) is 19.4. The number of carbonyl (C=O) groups is 1. The number of halogens is 1. The molecule has 0 bridgehead atoms. The summed E-state index contributed by atoms with van der Waals surface area (Å²) in [7, 11) is 0. The Bertz CT molecular complexity index is 1140. The smallest absolute Gasteiger partial charge is 0.336 e. The average Bonchev–Trinajstić information content (AvgIpc) is 2.68. The highest BCUT2D eigenvalue weighted by molar-refractivity contribution is 6.31. The lowest BCUT2D eigenvalue weighted by atomic mass is 10.0. The molecule has 0 aliphatic rings. The van der Waals surface area contributed by atoms with E-state index in [4.69, 9.17) is 22.1 Å². The van der Waals surface area contributed by atoms with E-state index in [9.17, 15) is 9.90 Å². The highest BCUT2D eigenvalue weighted by Gasteiger charge is 2.13. The minimum Gasteiger partial charge on any atom is -0.478 e. The van der Waals surface area contributed by atoms with Crippen LogP contribution in [-0.4, -0.2) is 16.1 Å². The van der Waals surface area contributed by atoms with Crippen LogP contribution < -0.4 is 5.32 Å². The summed E-state index contributed by atoms with van der Waals surface area (Å²) >= 11 is 5.97. The summed E-state index contributed by atoms with van der Waals surface area (Å²) in [6.07, 6.45) is 1.32. The maximum Gasteiger partial charge on any atom is 0.336 e. The molecule has 0 aliphatic carbocycles. The number of benzene rings is 2. The van der Waals surface area contributed by atoms with Crippen molar-refractivity contribution >= 4 is 34.2 Å². The molecule has 6 nitrogen and oxygen atoms in total. The predicted octanol–water partition coefficient (Wildman–Crippen LogP) is 4.60. The zero-order valence-corrected chi connectivity index (χ0v) is 14.5. The second kappa shape index (κ2) is 7.57. The Morgan fingerprint density at radius 2 is 1.81 bits per heavy atom. The molecule has 0 saturated heterocycles. The number of pyridine rings is 1. The van der Waals surface area contributed by atoms with Crippen LogP contribution in [0.2, 0.25) is 5.02 Å². The number of nitrogens with one attached hydrogen (secondary N) is 1. The van der Waals surface area contributed by atoms with E-state index >= 15 is 0 Å². The number of rotatable bonds is 4. The largest absolute Gasteiger partial charge is 0.478 e. The molecule has 130 valence electrons. The molecule has 0 spiro atoms. The number of nitriles is 2. The summed E-state index contributed by atoms with van der Waals surface area (Å²) in [5.74, 6) is -1.06. The van der Waals surface area contributed by atoms with Crippen molar-refractivity contribution in [2.24, 2.45) is 0 Å². The molecule has 3 aromatic rings. The molecule has 2 N–H and O–H groups in total. The van der Waals surface area contributed by atoms with Crippen molar-refractivity contribution in [3.05, 3.63) is 70.9 Å². The van der Waals surface area contributed by atoms with E-state index in [2.05, 4.69) is 10.3 Å². The van der Waals surface area contributed by atoms with Gasteiger partial charge in [-0.3, -0.25) is 0 Å². The fourth-order valence-corrected chi connectivity index (χ4v) is 2.68. The Hall–Kier alpha value is -3.87. The topological polar surface area (TPSA) is 110 Å². The third-order valence-corrected chi connectivity index (χ3v) is 4.04. The van der Waals surface area contributed by atoms with Gasteiger partial charge in [-0.05, 0) is 36.4 Å². The van der Waals surface area contributed by atoms with Crippen LogP contribution in [0.1, 0.15) is 10.4 Å². The van der Waals surface area contributed by atoms with Gasteiger partial charge in [-0.2, -0.15) is 10.5 Å². The molecule has 27 heavy (non-hydrogen) atoms. The molecular weight excluding hydrogens is 364 g/mol. The van der Waals surface area contributed by atoms with E-state index in [-0.39, 0.29) is 11.1 Å². The van der Waals surface area contributed by atoms with Crippen LogP contribution in [0.5, 0.6) is 0 Å². The summed E-state index contributed by atoms with van der Waals surface area (Å²) in [5, 5.41) is 30.7. The third kappa shape index (κ3) is 3.87. The molecule has 0 unspecified atom stereocenters. The normalized spacial score (nSPS) is 9.89. The zero-order valence-electron chi connectivity index (χ0n) is 13.8. The molecule has 0 amide bonds. The fraction of sp³-hybridized carbons (Fsp3) is 0. The maximum absolute atomic E-state index is 11.6. The molecule has 0 aliphatic heterocycles. The van der Waals surface area contributed by atoms with E-state index in [1.165, 1.54) is 12.3 Å². The Balaban J connectivity index is 1.99. The molecule has 0 fully saturated rings. The van der Waals surface area contributed by atoms with Gasteiger partial charge in [0.15, 0.2) is 0 Å². The number of allylic oxidation sites excluding steroid dienone is 1. The van der Waals surface area contributed by atoms with Crippen LogP contribution in [0, 0.1) is 22.7 Å². The molecule has 3 rings (SSSR count). The van der Waals surface area contributed by atoms with Gasteiger partial charge in [-0.15, -0.1) is 0 Å². The summed E-state index contributed by atoms with van der Waals surface area (Å²) in [6.45, 7) is 0. The SMILES string of the molecule is N#CC(C#N)=CNc1ccc(-c2cc(C(=O)O)c3cc(Cl)ccc3n2)cc1. The number of carboxylic acids is 1. The van der Waals surface area contributed by atoms with E-state index < -0.39 is 5.97 Å². The van der Waals surface area contributed by atoms with Gasteiger partial charge in [0, 0.05) is 27.9 Å². The van der Waals surface area contributed by atoms with Gasteiger partial charge in [0.05, 0.1) is 16.8 Å². The van der Waals surface area contributed by atoms with Gasteiger partial charge < -0.3 is 10.4 Å². The van der Waals surface area contributed by atoms with Gasteiger partial charge >= 0.3 is 5.97 Å². The van der Waals surface area contributed by atoms with E-state index in [1.807, 2.05) is 0 Å². The van der Waals surface area contributed by atoms with Crippen molar-refractivity contribution < 1.29 is 9.90 Å². The van der Waals surface area contributed by atoms with Crippen LogP contribution in [0.3, 0.4) is 0 Å². The molecule has 1 heterocycles. The number of hydrogen-bond acceptors (Lipinski definition) is 5. The van der Waals surface area contributed by atoms with Crippen LogP contribution in [-0.2, 0) is 0 Å². The molecule has 7 heteroatoms. The van der Waals surface area contributed by atoms with Gasteiger partial charge in [0.25, 0.3) is 0 Å². The Kier molecular flexibility index (Phi) is 5.03. The van der Waals surface area contributed by atoms with E-state index in [0.29, 0.717) is 27.3 Å². The standard InChI is InChI=1S/C20H11ClN4O2/c21-14-3-6-18-16(7-14)17(20(26)27)8-19(25-18)13-1-4-15(5-2-13)24-11-12(9-22)10-23/h1-8,11,24H,(H,26,27). The van der Waals surface area contributed by atoms with E-state index in [1.54, 1.807) is 54.6 Å². The molecule has 2 aromatic carbocycles. The van der Waals surface area contributed by atoms with Crippen molar-refractivity contribution in [2.45, 2.75) is 0 Å². The maximum atomic E-state index is 11.6. The van der Waals surface area contributed by atoms with Crippen LogP contribution in [0.25, 0.3) is 22.2 Å².